The first-order valence-corrected chi connectivity index (χ1v) is 35.1. The van der Waals surface area contributed by atoms with E-state index in [2.05, 4.69) is 43.7 Å². The molecule has 0 bridgehead atoms. The van der Waals surface area contributed by atoms with Gasteiger partial charge in [-0.25, -0.2) is 0 Å². The van der Waals surface area contributed by atoms with Gasteiger partial charge in [0.15, 0.2) is 0 Å². The second kappa shape index (κ2) is 46.4. The van der Waals surface area contributed by atoms with E-state index in [0.717, 1.165) is 124 Å². The van der Waals surface area contributed by atoms with Crippen LogP contribution in [-0.4, -0.2) is 137 Å². The lowest BCUT2D eigenvalue weighted by atomic mass is 10.1. The van der Waals surface area contributed by atoms with E-state index in [1.165, 1.54) is 9.80 Å². The summed E-state index contributed by atoms with van der Waals surface area (Å²) in [6, 6.07) is 49.4. The summed E-state index contributed by atoms with van der Waals surface area (Å²) >= 11 is 0. The van der Waals surface area contributed by atoms with Crippen LogP contribution in [0.5, 0.6) is 11.5 Å². The van der Waals surface area contributed by atoms with Crippen molar-refractivity contribution in [2.24, 2.45) is 0 Å². The van der Waals surface area contributed by atoms with Crippen LogP contribution in [0.25, 0.3) is 0 Å². The highest BCUT2D eigenvalue weighted by molar-refractivity contribution is 5.95. The second-order valence-corrected chi connectivity index (χ2v) is 24.6. The average Bonchev–Trinajstić information content (AvgIpc) is 0.983. The van der Waals surface area contributed by atoms with Crippen LogP contribution in [0.15, 0.2) is 158 Å². The van der Waals surface area contributed by atoms with Crippen molar-refractivity contribution in [2.75, 3.05) is 79.7 Å². The minimum Gasteiger partial charge on any atom is -0.497 e. The molecule has 98 heavy (non-hydrogen) atoms. The van der Waals surface area contributed by atoms with Crippen LogP contribution >= 0.6 is 0 Å². The molecule has 0 saturated heterocycles. The summed E-state index contributed by atoms with van der Waals surface area (Å²) in [5.74, 6) is 5.85. The number of hydrogen-bond donors (Lipinski definition) is 6. The highest BCUT2D eigenvalue weighted by Gasteiger charge is 2.22. The van der Waals surface area contributed by atoms with Gasteiger partial charge in [-0.3, -0.25) is 38.4 Å². The Kier molecular flexibility index (Phi) is 36.6. The first-order chi connectivity index (χ1) is 47.8. The number of methoxy groups -OCH3 is 2. The summed E-state index contributed by atoms with van der Waals surface area (Å²) in [5, 5.41) is 17.7. The van der Waals surface area contributed by atoms with Crippen molar-refractivity contribution in [3.63, 3.8) is 0 Å². The maximum Gasteiger partial charge on any atom is 0.251 e. The van der Waals surface area contributed by atoms with Gasteiger partial charge in [-0.1, -0.05) is 186 Å². The number of carbonyl (C=O) groups excluding carboxylic acids is 8. The quantitative estimate of drug-likeness (QED) is 0.0156. The van der Waals surface area contributed by atoms with Crippen LogP contribution < -0.4 is 41.4 Å². The molecule has 0 unspecified atom stereocenters. The molecule has 0 atom stereocenters. The predicted octanol–water partition coefficient (Wildman–Crippen LogP) is 10.7. The number of amides is 8. The van der Waals surface area contributed by atoms with Gasteiger partial charge in [-0.2, -0.15) is 0 Å². The van der Waals surface area contributed by atoms with Crippen molar-refractivity contribution in [1.29, 1.82) is 0 Å². The number of nitrogens with one attached hydrogen (secondary N) is 6. The number of hydrogen-bond acceptors (Lipinski definition) is 10. The average molecular weight is 1340 g/mol. The van der Waals surface area contributed by atoms with Gasteiger partial charge in [-0.05, 0) is 134 Å². The Balaban J connectivity index is 0.791. The fraction of sp³-hybridized carbons (Fsp3) is 0.425. The molecule has 6 aromatic carbocycles. The SMILES string of the molecule is COc1ccc(CCNC(=O)CN(CC(=O)NCCc2ccccc2)C(=O)CCCCCCCCCCNC(=O)c2cccc(C#Cc3cccc(C(=O)NCCCCCCCCCCC(=O)N(CC(=O)NCCc4ccccc4)CC(=O)NCCc4ccc(OC)cc4)c3)c2)cc1. The van der Waals surface area contributed by atoms with Crippen LogP contribution in [0.3, 0.4) is 0 Å². The van der Waals surface area contributed by atoms with Crippen molar-refractivity contribution in [3.8, 4) is 23.3 Å². The lowest BCUT2D eigenvalue weighted by molar-refractivity contribution is -0.139. The fourth-order valence-electron chi connectivity index (χ4n) is 11.1. The van der Waals surface area contributed by atoms with Gasteiger partial charge in [0.2, 0.25) is 35.4 Å². The molecule has 0 fully saturated rings. The molecule has 6 rings (SSSR count). The minimum atomic E-state index is -0.310. The zero-order valence-corrected chi connectivity index (χ0v) is 57.6. The van der Waals surface area contributed by atoms with Crippen LogP contribution in [0, 0.1) is 11.8 Å². The summed E-state index contributed by atoms with van der Waals surface area (Å²) in [5.41, 5.74) is 6.71. The smallest absolute Gasteiger partial charge is 0.251 e. The lowest BCUT2D eigenvalue weighted by Crippen LogP contribution is -2.46. The van der Waals surface area contributed by atoms with Crippen molar-refractivity contribution in [1.82, 2.24) is 41.7 Å². The summed E-state index contributed by atoms with van der Waals surface area (Å²) in [7, 11) is 3.23. The largest absolute Gasteiger partial charge is 0.497 e. The molecule has 0 saturated carbocycles. The highest BCUT2D eigenvalue weighted by atomic mass is 16.5. The molecule has 522 valence electrons. The van der Waals surface area contributed by atoms with E-state index in [9.17, 15) is 38.4 Å². The number of benzene rings is 6. The molecule has 18 heteroatoms. The standard InChI is InChI=1S/C80H102N8O10/c1-97-71-43-39-65(40-44-71)49-55-83-75(91)61-87(59-73(89)81-53-47-63-27-17-15-18-28-63)77(93)35-21-11-7-3-5-9-13-23-51-85-79(95)69-33-25-31-67(57-69)37-38-68-32-26-34-70(58-68)80(96)86-52-24-14-10-6-4-8-12-22-36-78(94)88(60-74(90)82-54-48-64-29-19-16-20-30-64)62-76(92)84-56-50-66-41-45-72(98-2)46-42-66/h15-20,25-34,39-46,57-58H,3-14,21-24,35-36,47-56,59-62H2,1-2H3,(H,81,89)(H,82,90)(H,83,91)(H,84,92)(H,85,95)(H,86,96). The molecular formula is C80H102N8O10. The zero-order chi connectivity index (χ0) is 69.6. The number of unbranched alkanes of at least 4 members (excludes halogenated alkanes) is 14. The van der Waals surface area contributed by atoms with Gasteiger partial charge in [0.25, 0.3) is 11.8 Å². The molecule has 0 heterocycles. The minimum absolute atomic E-state index is 0.160. The number of nitrogens with zero attached hydrogens (tertiary/aromatic N) is 2. The lowest BCUT2D eigenvalue weighted by Gasteiger charge is -2.22. The molecule has 0 aliphatic heterocycles. The van der Waals surface area contributed by atoms with E-state index in [1.807, 2.05) is 133 Å². The maximum absolute atomic E-state index is 13.4. The van der Waals surface area contributed by atoms with Gasteiger partial charge in [0, 0.05) is 74.4 Å². The van der Waals surface area contributed by atoms with Crippen molar-refractivity contribution >= 4 is 47.3 Å². The van der Waals surface area contributed by atoms with E-state index in [0.29, 0.717) is 100 Å². The van der Waals surface area contributed by atoms with Crippen LogP contribution in [-0.2, 0) is 54.5 Å². The number of carbonyl (C=O) groups is 8. The van der Waals surface area contributed by atoms with E-state index in [1.54, 1.807) is 38.5 Å². The third-order valence-corrected chi connectivity index (χ3v) is 16.8. The zero-order valence-electron chi connectivity index (χ0n) is 57.6. The highest BCUT2D eigenvalue weighted by Crippen LogP contribution is 2.16. The van der Waals surface area contributed by atoms with Gasteiger partial charge in [0.1, 0.15) is 37.7 Å². The normalized spacial score (nSPS) is 10.7. The van der Waals surface area contributed by atoms with E-state index >= 15 is 0 Å². The summed E-state index contributed by atoms with van der Waals surface area (Å²) in [4.78, 5) is 108. The van der Waals surface area contributed by atoms with E-state index in [4.69, 9.17) is 9.47 Å². The molecular weight excluding hydrogens is 1230 g/mol. The second-order valence-electron chi connectivity index (χ2n) is 24.6. The molecule has 0 aliphatic carbocycles. The monoisotopic (exact) mass is 1330 g/mol. The molecule has 0 radical (unpaired) electrons. The summed E-state index contributed by atoms with van der Waals surface area (Å²) < 4.78 is 10.5. The Morgan fingerprint density at radius 3 is 0.929 bits per heavy atom. The molecule has 0 spiro atoms. The third-order valence-electron chi connectivity index (χ3n) is 16.8. The molecule has 0 aliphatic rings. The van der Waals surface area contributed by atoms with Crippen molar-refractivity contribution < 1.29 is 47.8 Å². The number of rotatable bonds is 46. The van der Waals surface area contributed by atoms with Crippen LogP contribution in [0.1, 0.15) is 170 Å². The first kappa shape index (κ1) is 77.2. The van der Waals surface area contributed by atoms with Gasteiger partial charge < -0.3 is 51.2 Å². The third kappa shape index (κ3) is 32.3. The van der Waals surface area contributed by atoms with E-state index in [-0.39, 0.29) is 86.3 Å². The molecule has 6 N–H and O–H groups in total. The predicted molar refractivity (Wildman–Crippen MR) is 386 cm³/mol. The van der Waals surface area contributed by atoms with Gasteiger partial charge in [-0.15, -0.1) is 0 Å². The van der Waals surface area contributed by atoms with E-state index < -0.39 is 0 Å². The van der Waals surface area contributed by atoms with Crippen molar-refractivity contribution in [2.45, 2.75) is 141 Å². The van der Waals surface area contributed by atoms with Gasteiger partial charge >= 0.3 is 0 Å². The van der Waals surface area contributed by atoms with Gasteiger partial charge in [0.05, 0.1) is 14.2 Å². The maximum atomic E-state index is 13.4. The Hall–Kier alpha value is -9.76. The Morgan fingerprint density at radius 1 is 0.316 bits per heavy atom. The van der Waals surface area contributed by atoms with Crippen LogP contribution in [0.2, 0.25) is 0 Å². The Morgan fingerprint density at radius 2 is 0.612 bits per heavy atom. The molecule has 18 nitrogen and oxygen atoms in total. The first-order valence-electron chi connectivity index (χ1n) is 35.1. The Labute approximate surface area is 580 Å². The molecule has 8 amide bonds. The fourth-order valence-corrected chi connectivity index (χ4v) is 11.1. The summed E-state index contributed by atoms with van der Waals surface area (Å²) in [6.45, 7) is 2.03. The van der Waals surface area contributed by atoms with Crippen molar-refractivity contribution in [3.05, 3.63) is 202 Å². The molecule has 0 aromatic heterocycles. The number of ether oxygens (including phenoxy) is 2. The Bertz CT molecular complexity index is 3220. The topological polar surface area (TPSA) is 234 Å². The summed E-state index contributed by atoms with van der Waals surface area (Å²) in [6.07, 6.45) is 18.0. The van der Waals surface area contributed by atoms with Crippen LogP contribution in [0.4, 0.5) is 0 Å². The molecule has 6 aromatic rings.